The Balaban J connectivity index is 2.37. The van der Waals surface area contributed by atoms with Crippen LogP contribution in [0.4, 0.5) is 0 Å². The molecule has 1 unspecified atom stereocenters. The first kappa shape index (κ1) is 14.0. The Kier molecular flexibility index (Phi) is 5.41. The van der Waals surface area contributed by atoms with E-state index in [0.29, 0.717) is 12.3 Å². The molecule has 1 aliphatic rings. The molecule has 1 aliphatic carbocycles. The van der Waals surface area contributed by atoms with Crippen molar-refractivity contribution >= 4 is 11.9 Å². The van der Waals surface area contributed by atoms with Gasteiger partial charge in [-0.3, -0.25) is 9.59 Å². The van der Waals surface area contributed by atoms with Gasteiger partial charge in [-0.05, 0) is 25.2 Å². The minimum Gasteiger partial charge on any atom is -0.481 e. The fourth-order valence-electron chi connectivity index (χ4n) is 1.87. The molecule has 0 saturated heterocycles. The van der Waals surface area contributed by atoms with E-state index < -0.39 is 12.0 Å². The van der Waals surface area contributed by atoms with Crippen molar-refractivity contribution in [3.8, 4) is 0 Å². The van der Waals surface area contributed by atoms with E-state index in [-0.39, 0.29) is 18.4 Å². The minimum atomic E-state index is -0.871. The maximum atomic E-state index is 11.7. The van der Waals surface area contributed by atoms with E-state index in [9.17, 15) is 9.59 Å². The van der Waals surface area contributed by atoms with Gasteiger partial charge >= 0.3 is 5.97 Å². The summed E-state index contributed by atoms with van der Waals surface area (Å²) in [5, 5.41) is 11.5. The number of carboxylic acids is 1. The van der Waals surface area contributed by atoms with E-state index in [1.165, 1.54) is 0 Å². The summed E-state index contributed by atoms with van der Waals surface area (Å²) in [5.41, 5.74) is 5.74. The summed E-state index contributed by atoms with van der Waals surface area (Å²) in [4.78, 5) is 22.4. The molecular formula is C12H22N2O3. The Morgan fingerprint density at radius 1 is 1.47 bits per heavy atom. The predicted octanol–water partition coefficient (Wildman–Crippen LogP) is 0.873. The van der Waals surface area contributed by atoms with Gasteiger partial charge in [0.1, 0.15) is 0 Å². The molecule has 1 rings (SSSR count). The third kappa shape index (κ3) is 5.17. The Morgan fingerprint density at radius 2 is 2.12 bits per heavy atom. The second-order valence-electron chi connectivity index (χ2n) is 4.80. The van der Waals surface area contributed by atoms with Gasteiger partial charge in [-0.1, -0.05) is 19.8 Å². The van der Waals surface area contributed by atoms with Crippen LogP contribution >= 0.6 is 0 Å². The molecule has 0 bridgehead atoms. The first-order valence-corrected chi connectivity index (χ1v) is 6.32. The van der Waals surface area contributed by atoms with Gasteiger partial charge in [0.2, 0.25) is 5.91 Å². The second kappa shape index (κ2) is 6.59. The SMILES string of the molecule is CCCC[C@H](N)C(=O)NC(CC(=O)O)C1CC1. The molecule has 0 spiro atoms. The minimum absolute atomic E-state index is 0.00307. The Morgan fingerprint density at radius 3 is 2.59 bits per heavy atom. The molecule has 0 aromatic heterocycles. The van der Waals surface area contributed by atoms with E-state index in [1.54, 1.807) is 0 Å². The topological polar surface area (TPSA) is 92.4 Å². The number of hydrogen-bond donors (Lipinski definition) is 3. The highest BCUT2D eigenvalue weighted by molar-refractivity contribution is 5.82. The van der Waals surface area contributed by atoms with Crippen LogP contribution in [0.5, 0.6) is 0 Å². The van der Waals surface area contributed by atoms with Crippen LogP contribution in [-0.4, -0.2) is 29.1 Å². The van der Waals surface area contributed by atoms with Crippen LogP contribution in [0.1, 0.15) is 45.4 Å². The fourth-order valence-corrected chi connectivity index (χ4v) is 1.87. The molecule has 1 amide bonds. The average molecular weight is 242 g/mol. The Hall–Kier alpha value is -1.10. The molecule has 0 radical (unpaired) electrons. The number of hydrogen-bond acceptors (Lipinski definition) is 3. The third-order valence-corrected chi connectivity index (χ3v) is 3.12. The van der Waals surface area contributed by atoms with Gasteiger partial charge in [-0.15, -0.1) is 0 Å². The van der Waals surface area contributed by atoms with Crippen LogP contribution in [0.3, 0.4) is 0 Å². The van der Waals surface area contributed by atoms with Crippen molar-refractivity contribution in [1.82, 2.24) is 5.32 Å². The number of nitrogens with one attached hydrogen (secondary N) is 1. The summed E-state index contributed by atoms with van der Waals surface area (Å²) in [6.07, 6.45) is 4.58. The van der Waals surface area contributed by atoms with E-state index in [1.807, 2.05) is 6.92 Å². The van der Waals surface area contributed by atoms with Crippen molar-refractivity contribution in [1.29, 1.82) is 0 Å². The maximum Gasteiger partial charge on any atom is 0.305 e. The van der Waals surface area contributed by atoms with Crippen molar-refractivity contribution < 1.29 is 14.7 Å². The van der Waals surface area contributed by atoms with Crippen molar-refractivity contribution in [2.45, 2.75) is 57.5 Å². The molecule has 1 fully saturated rings. The van der Waals surface area contributed by atoms with E-state index in [0.717, 1.165) is 25.7 Å². The zero-order chi connectivity index (χ0) is 12.8. The summed E-state index contributed by atoms with van der Waals surface area (Å²) in [5.74, 6) is -0.755. The fraction of sp³-hybridized carbons (Fsp3) is 0.833. The number of nitrogens with two attached hydrogens (primary N) is 1. The molecule has 5 heteroatoms. The maximum absolute atomic E-state index is 11.7. The number of aliphatic carboxylic acids is 1. The Bertz CT molecular complexity index is 277. The molecule has 0 aliphatic heterocycles. The summed E-state index contributed by atoms with van der Waals surface area (Å²) in [6.45, 7) is 2.04. The summed E-state index contributed by atoms with van der Waals surface area (Å²) in [6, 6.07) is -0.752. The highest BCUT2D eigenvalue weighted by Gasteiger charge is 2.34. The number of carbonyl (C=O) groups excluding carboxylic acids is 1. The normalized spacial score (nSPS) is 18.5. The molecule has 0 aromatic rings. The Labute approximate surface area is 102 Å². The smallest absolute Gasteiger partial charge is 0.305 e. The van der Waals surface area contributed by atoms with Gasteiger partial charge in [0.25, 0.3) is 0 Å². The van der Waals surface area contributed by atoms with Gasteiger partial charge in [-0.2, -0.15) is 0 Å². The molecule has 17 heavy (non-hydrogen) atoms. The molecule has 2 atom stereocenters. The number of carbonyl (C=O) groups is 2. The van der Waals surface area contributed by atoms with Crippen LogP contribution in [0.15, 0.2) is 0 Å². The molecule has 0 aromatic carbocycles. The van der Waals surface area contributed by atoms with Gasteiger partial charge in [0.15, 0.2) is 0 Å². The van der Waals surface area contributed by atoms with Crippen molar-refractivity contribution in [2.24, 2.45) is 11.7 Å². The van der Waals surface area contributed by atoms with Crippen molar-refractivity contribution in [3.63, 3.8) is 0 Å². The first-order chi connectivity index (χ1) is 8.04. The number of amides is 1. The first-order valence-electron chi connectivity index (χ1n) is 6.32. The zero-order valence-electron chi connectivity index (χ0n) is 10.3. The molecule has 0 heterocycles. The lowest BCUT2D eigenvalue weighted by Gasteiger charge is -2.19. The largest absolute Gasteiger partial charge is 0.481 e. The molecular weight excluding hydrogens is 220 g/mol. The number of carboxylic acid groups (broad SMARTS) is 1. The standard InChI is InChI=1S/C12H22N2O3/c1-2-3-4-9(13)12(17)14-10(7-11(15)16)8-5-6-8/h8-10H,2-7,13H2,1H3,(H,14,17)(H,15,16)/t9-,10?/m0/s1. The second-order valence-corrected chi connectivity index (χ2v) is 4.80. The predicted molar refractivity (Wildman–Crippen MR) is 64.4 cm³/mol. The van der Waals surface area contributed by atoms with E-state index in [2.05, 4.69) is 5.32 Å². The summed E-state index contributed by atoms with van der Waals surface area (Å²) >= 11 is 0. The van der Waals surface area contributed by atoms with Crippen LogP contribution in [0.2, 0.25) is 0 Å². The van der Waals surface area contributed by atoms with E-state index in [4.69, 9.17) is 10.8 Å². The zero-order valence-corrected chi connectivity index (χ0v) is 10.3. The monoisotopic (exact) mass is 242 g/mol. The van der Waals surface area contributed by atoms with Gasteiger partial charge in [-0.25, -0.2) is 0 Å². The van der Waals surface area contributed by atoms with Gasteiger partial charge in [0, 0.05) is 6.04 Å². The molecule has 1 saturated carbocycles. The average Bonchev–Trinajstić information content (AvgIpc) is 3.07. The quantitative estimate of drug-likeness (QED) is 0.589. The lowest BCUT2D eigenvalue weighted by Crippen LogP contribution is -2.46. The lowest BCUT2D eigenvalue weighted by atomic mass is 10.1. The summed E-state index contributed by atoms with van der Waals surface area (Å²) in [7, 11) is 0. The number of unbranched alkanes of at least 4 members (excludes halogenated alkanes) is 1. The summed E-state index contributed by atoms with van der Waals surface area (Å²) < 4.78 is 0. The molecule has 5 nitrogen and oxygen atoms in total. The van der Waals surface area contributed by atoms with E-state index >= 15 is 0 Å². The van der Waals surface area contributed by atoms with Crippen LogP contribution in [0, 0.1) is 5.92 Å². The van der Waals surface area contributed by atoms with Gasteiger partial charge in [0.05, 0.1) is 12.5 Å². The third-order valence-electron chi connectivity index (χ3n) is 3.12. The van der Waals surface area contributed by atoms with Crippen molar-refractivity contribution in [3.05, 3.63) is 0 Å². The highest BCUT2D eigenvalue weighted by Crippen LogP contribution is 2.34. The van der Waals surface area contributed by atoms with Crippen LogP contribution < -0.4 is 11.1 Å². The van der Waals surface area contributed by atoms with Crippen LogP contribution in [-0.2, 0) is 9.59 Å². The lowest BCUT2D eigenvalue weighted by molar-refractivity contribution is -0.138. The van der Waals surface area contributed by atoms with Crippen molar-refractivity contribution in [2.75, 3.05) is 0 Å². The highest BCUT2D eigenvalue weighted by atomic mass is 16.4. The van der Waals surface area contributed by atoms with Crippen LogP contribution in [0.25, 0.3) is 0 Å². The van der Waals surface area contributed by atoms with Gasteiger partial charge < -0.3 is 16.2 Å². The number of rotatable bonds is 8. The molecule has 4 N–H and O–H groups in total. The molecule has 98 valence electrons.